The third-order valence-electron chi connectivity index (χ3n) is 4.02. The monoisotopic (exact) mass is 239 g/mol. The van der Waals surface area contributed by atoms with Crippen molar-refractivity contribution in [3.63, 3.8) is 0 Å². The number of rotatable bonds is 2. The lowest BCUT2D eigenvalue weighted by Gasteiger charge is -2.42. The van der Waals surface area contributed by atoms with Gasteiger partial charge in [-0.05, 0) is 24.5 Å². The summed E-state index contributed by atoms with van der Waals surface area (Å²) in [5, 5.41) is 0. The summed E-state index contributed by atoms with van der Waals surface area (Å²) < 4.78 is 28.1. The van der Waals surface area contributed by atoms with E-state index in [0.29, 0.717) is 24.1 Å². The maximum absolute atomic E-state index is 14.1. The predicted octanol–water partition coefficient (Wildman–Crippen LogP) is 4.13. The first-order valence-corrected chi connectivity index (χ1v) is 6.20. The average Bonchev–Trinajstić information content (AvgIpc) is 2.29. The van der Waals surface area contributed by atoms with Crippen LogP contribution in [-0.4, -0.2) is 5.92 Å². The molecule has 0 radical (unpaired) electrons. The Bertz CT molecular complexity index is 389. The molecule has 0 unspecified atom stereocenters. The van der Waals surface area contributed by atoms with Gasteiger partial charge in [0.1, 0.15) is 0 Å². The number of anilines is 1. The van der Waals surface area contributed by atoms with Gasteiger partial charge in [0.2, 0.25) is 0 Å². The largest absolute Gasteiger partial charge is 0.398 e. The lowest BCUT2D eigenvalue weighted by Crippen LogP contribution is -2.45. The number of nitrogens with two attached hydrogens (primary N) is 1. The molecule has 1 aromatic carbocycles. The fourth-order valence-corrected chi connectivity index (χ4v) is 3.03. The Morgan fingerprint density at radius 3 is 2.24 bits per heavy atom. The number of alkyl halides is 2. The zero-order valence-electron chi connectivity index (χ0n) is 10.2. The number of hydrogen-bond donors (Lipinski definition) is 1. The van der Waals surface area contributed by atoms with Crippen molar-refractivity contribution in [3.8, 4) is 0 Å². The molecule has 1 aliphatic carbocycles. The molecule has 1 saturated carbocycles. The van der Waals surface area contributed by atoms with Gasteiger partial charge in [-0.1, -0.05) is 37.5 Å². The van der Waals surface area contributed by atoms with Crippen molar-refractivity contribution in [2.45, 2.75) is 50.4 Å². The summed E-state index contributed by atoms with van der Waals surface area (Å²) >= 11 is 0. The molecule has 0 bridgehead atoms. The number of benzene rings is 1. The summed E-state index contributed by atoms with van der Waals surface area (Å²) in [4.78, 5) is 0. The van der Waals surface area contributed by atoms with Crippen molar-refractivity contribution in [2.75, 3.05) is 5.73 Å². The Labute approximate surface area is 101 Å². The number of nitrogen functional groups attached to an aromatic ring is 1. The van der Waals surface area contributed by atoms with Crippen molar-refractivity contribution >= 4 is 5.69 Å². The van der Waals surface area contributed by atoms with Crippen LogP contribution in [0.4, 0.5) is 14.5 Å². The van der Waals surface area contributed by atoms with E-state index >= 15 is 0 Å². The number of halogens is 2. The van der Waals surface area contributed by atoms with Crippen molar-refractivity contribution < 1.29 is 8.78 Å². The van der Waals surface area contributed by atoms with E-state index in [0.717, 1.165) is 26.2 Å². The fourth-order valence-electron chi connectivity index (χ4n) is 3.03. The lowest BCUT2D eigenvalue weighted by molar-refractivity contribution is -0.0774. The zero-order chi connectivity index (χ0) is 12.5. The molecule has 3 heteroatoms. The quantitative estimate of drug-likeness (QED) is 0.772. The van der Waals surface area contributed by atoms with Crippen molar-refractivity contribution in [1.82, 2.24) is 0 Å². The second kappa shape index (κ2) is 4.28. The third-order valence-corrected chi connectivity index (χ3v) is 4.02. The van der Waals surface area contributed by atoms with E-state index in [1.165, 1.54) is 0 Å². The summed E-state index contributed by atoms with van der Waals surface area (Å²) in [6, 6.07) is 7.08. The van der Waals surface area contributed by atoms with E-state index in [4.69, 9.17) is 5.73 Å². The van der Waals surface area contributed by atoms with Crippen LogP contribution in [0, 0.1) is 0 Å². The van der Waals surface area contributed by atoms with Crippen LogP contribution in [0.5, 0.6) is 0 Å². The molecule has 2 rings (SSSR count). The van der Waals surface area contributed by atoms with Crippen LogP contribution in [0.1, 0.15) is 44.6 Å². The molecule has 2 N–H and O–H groups in total. The molecule has 1 aromatic rings. The minimum atomic E-state index is -2.72. The van der Waals surface area contributed by atoms with Crippen LogP contribution in [0.15, 0.2) is 24.3 Å². The molecule has 17 heavy (non-hydrogen) atoms. The van der Waals surface area contributed by atoms with Crippen molar-refractivity contribution in [2.24, 2.45) is 0 Å². The lowest BCUT2D eigenvalue weighted by atomic mass is 9.65. The molecule has 0 amide bonds. The van der Waals surface area contributed by atoms with E-state index < -0.39 is 11.3 Å². The smallest absolute Gasteiger partial charge is 0.254 e. The van der Waals surface area contributed by atoms with Gasteiger partial charge in [0, 0.05) is 12.6 Å². The van der Waals surface area contributed by atoms with E-state index in [2.05, 4.69) is 0 Å². The molecule has 1 aliphatic rings. The molecule has 1 fully saturated rings. The van der Waals surface area contributed by atoms with Gasteiger partial charge in [-0.15, -0.1) is 0 Å². The fraction of sp³-hybridized carbons (Fsp3) is 0.571. The van der Waals surface area contributed by atoms with E-state index in [9.17, 15) is 8.78 Å². The molecule has 0 heterocycles. The molecule has 94 valence electrons. The SMILES string of the molecule is CC(F)(F)C1(c2ccccc2N)CCCCC1. The molecule has 0 spiro atoms. The topological polar surface area (TPSA) is 26.0 Å². The Kier molecular flexibility index (Phi) is 3.11. The van der Waals surface area contributed by atoms with E-state index in [1.54, 1.807) is 24.3 Å². The second-order valence-electron chi connectivity index (χ2n) is 5.12. The first kappa shape index (κ1) is 12.3. The molecule has 0 atom stereocenters. The first-order valence-electron chi connectivity index (χ1n) is 6.20. The van der Waals surface area contributed by atoms with Crippen molar-refractivity contribution in [1.29, 1.82) is 0 Å². The Balaban J connectivity index is 2.51. The molecule has 0 aliphatic heterocycles. The van der Waals surface area contributed by atoms with E-state index in [-0.39, 0.29) is 0 Å². The van der Waals surface area contributed by atoms with Crippen LogP contribution in [-0.2, 0) is 5.41 Å². The highest BCUT2D eigenvalue weighted by Crippen LogP contribution is 2.51. The number of para-hydroxylation sites is 1. The summed E-state index contributed by atoms with van der Waals surface area (Å²) in [5.74, 6) is -2.72. The molecular weight excluding hydrogens is 220 g/mol. The van der Waals surface area contributed by atoms with Gasteiger partial charge < -0.3 is 5.73 Å². The molecule has 0 saturated heterocycles. The summed E-state index contributed by atoms with van der Waals surface area (Å²) in [6.07, 6.45) is 3.83. The third kappa shape index (κ3) is 2.03. The van der Waals surface area contributed by atoms with Gasteiger partial charge >= 0.3 is 0 Å². The summed E-state index contributed by atoms with van der Waals surface area (Å²) in [6.45, 7) is 1.03. The minimum absolute atomic E-state index is 0.496. The Morgan fingerprint density at radius 2 is 1.71 bits per heavy atom. The summed E-state index contributed by atoms with van der Waals surface area (Å²) in [5.41, 5.74) is 5.97. The van der Waals surface area contributed by atoms with Crippen molar-refractivity contribution in [3.05, 3.63) is 29.8 Å². The highest BCUT2D eigenvalue weighted by atomic mass is 19.3. The molecule has 0 aromatic heterocycles. The first-order chi connectivity index (χ1) is 7.97. The minimum Gasteiger partial charge on any atom is -0.398 e. The number of hydrogen-bond acceptors (Lipinski definition) is 1. The average molecular weight is 239 g/mol. The van der Waals surface area contributed by atoms with Crippen LogP contribution >= 0.6 is 0 Å². The Morgan fingerprint density at radius 1 is 1.12 bits per heavy atom. The van der Waals surface area contributed by atoms with Gasteiger partial charge in [-0.25, -0.2) is 8.78 Å². The van der Waals surface area contributed by atoms with Gasteiger partial charge in [-0.2, -0.15) is 0 Å². The van der Waals surface area contributed by atoms with Gasteiger partial charge in [0.15, 0.2) is 0 Å². The van der Waals surface area contributed by atoms with Crippen LogP contribution in [0.2, 0.25) is 0 Å². The van der Waals surface area contributed by atoms with Crippen LogP contribution < -0.4 is 5.73 Å². The standard InChI is InChI=1S/C14H19F2N/c1-13(15,16)14(9-5-2-6-10-14)11-7-3-4-8-12(11)17/h3-4,7-8H,2,5-6,9-10,17H2,1H3. The zero-order valence-corrected chi connectivity index (χ0v) is 10.2. The molecule has 1 nitrogen and oxygen atoms in total. The second-order valence-corrected chi connectivity index (χ2v) is 5.12. The predicted molar refractivity (Wildman–Crippen MR) is 66.2 cm³/mol. The highest BCUT2D eigenvalue weighted by Gasteiger charge is 2.51. The van der Waals surface area contributed by atoms with Gasteiger partial charge in [0.25, 0.3) is 5.92 Å². The van der Waals surface area contributed by atoms with Crippen LogP contribution in [0.25, 0.3) is 0 Å². The summed E-state index contributed by atoms with van der Waals surface area (Å²) in [7, 11) is 0. The molecular formula is C14H19F2N. The maximum Gasteiger partial charge on any atom is 0.254 e. The van der Waals surface area contributed by atoms with Gasteiger partial charge in [0.05, 0.1) is 5.41 Å². The van der Waals surface area contributed by atoms with E-state index in [1.807, 2.05) is 0 Å². The Hall–Kier alpha value is -1.12. The van der Waals surface area contributed by atoms with Gasteiger partial charge in [-0.3, -0.25) is 0 Å². The highest BCUT2D eigenvalue weighted by molar-refractivity contribution is 5.52. The van der Waals surface area contributed by atoms with Crippen LogP contribution in [0.3, 0.4) is 0 Å². The maximum atomic E-state index is 14.1. The normalized spacial score (nSPS) is 20.2.